The summed E-state index contributed by atoms with van der Waals surface area (Å²) in [4.78, 5) is 0.376. The maximum atomic E-state index is 12.5. The van der Waals surface area contributed by atoms with Crippen molar-refractivity contribution in [2.75, 3.05) is 12.4 Å². The fourth-order valence-electron chi connectivity index (χ4n) is 2.96. The topological polar surface area (TPSA) is 55.4 Å². The summed E-state index contributed by atoms with van der Waals surface area (Å²) in [6.45, 7) is 2.56. The quantitative estimate of drug-likeness (QED) is 0.915. The van der Waals surface area contributed by atoms with Crippen molar-refractivity contribution in [1.82, 2.24) is 5.32 Å². The van der Waals surface area contributed by atoms with Gasteiger partial charge in [0, 0.05) is 24.1 Å². The molecule has 0 radical (unpaired) electrons. The lowest BCUT2D eigenvalue weighted by atomic mass is 10.00. The van der Waals surface area contributed by atoms with E-state index < -0.39 is 9.84 Å². The van der Waals surface area contributed by atoms with Crippen LogP contribution in [0.15, 0.2) is 59.5 Å². The summed E-state index contributed by atoms with van der Waals surface area (Å²) in [5.41, 5.74) is 1.10. The molecule has 2 aromatic carbocycles. The number of nitrogens with one attached hydrogen (secondary N) is 1. The van der Waals surface area contributed by atoms with Crippen LogP contribution in [0.1, 0.15) is 24.9 Å². The summed E-state index contributed by atoms with van der Waals surface area (Å²) in [6.07, 6.45) is 0.840. The van der Waals surface area contributed by atoms with Crippen molar-refractivity contribution >= 4 is 9.84 Å². The molecule has 0 amide bonds. The van der Waals surface area contributed by atoms with E-state index in [1.165, 1.54) is 0 Å². The van der Waals surface area contributed by atoms with Crippen LogP contribution in [0.4, 0.5) is 0 Å². The van der Waals surface area contributed by atoms with Gasteiger partial charge >= 0.3 is 0 Å². The van der Waals surface area contributed by atoms with E-state index in [-0.39, 0.29) is 17.8 Å². The lowest BCUT2D eigenvalue weighted by Crippen LogP contribution is -2.38. The van der Waals surface area contributed by atoms with Crippen LogP contribution in [-0.4, -0.2) is 26.8 Å². The standard InChI is InChI=1S/C18H21NO3S/c1-14(13-23(20,21)15-7-3-2-4-8-15)19-17-11-12-22-18-10-6-5-9-16(17)18/h2-10,14,17,19H,11-13H2,1H3/t14-,17-/m0/s1. The third-order valence-electron chi connectivity index (χ3n) is 4.02. The number of rotatable bonds is 5. The normalized spacial score (nSPS) is 18.7. The molecule has 4 nitrogen and oxygen atoms in total. The van der Waals surface area contributed by atoms with Crippen LogP contribution in [0.5, 0.6) is 5.75 Å². The molecule has 2 aromatic rings. The van der Waals surface area contributed by atoms with Crippen LogP contribution in [0.25, 0.3) is 0 Å². The van der Waals surface area contributed by atoms with E-state index >= 15 is 0 Å². The van der Waals surface area contributed by atoms with Gasteiger partial charge in [0.05, 0.1) is 17.3 Å². The van der Waals surface area contributed by atoms with Crippen LogP contribution >= 0.6 is 0 Å². The first kappa shape index (κ1) is 16.0. The Morgan fingerprint density at radius 1 is 1.13 bits per heavy atom. The summed E-state index contributed by atoms with van der Waals surface area (Å²) >= 11 is 0. The van der Waals surface area contributed by atoms with Crippen molar-refractivity contribution in [1.29, 1.82) is 0 Å². The lowest BCUT2D eigenvalue weighted by molar-refractivity contribution is 0.247. The molecule has 0 aliphatic carbocycles. The molecular formula is C18H21NO3S. The minimum absolute atomic E-state index is 0.0799. The number of ether oxygens (including phenoxy) is 1. The minimum Gasteiger partial charge on any atom is -0.493 e. The van der Waals surface area contributed by atoms with Gasteiger partial charge in [0.1, 0.15) is 5.75 Å². The second-order valence-electron chi connectivity index (χ2n) is 5.89. The van der Waals surface area contributed by atoms with E-state index in [1.54, 1.807) is 24.3 Å². The smallest absolute Gasteiger partial charge is 0.179 e. The lowest BCUT2D eigenvalue weighted by Gasteiger charge is -2.29. The van der Waals surface area contributed by atoms with Gasteiger partial charge in [-0.05, 0) is 25.1 Å². The highest BCUT2D eigenvalue weighted by atomic mass is 32.2. The van der Waals surface area contributed by atoms with Crippen molar-refractivity contribution in [3.05, 3.63) is 60.2 Å². The van der Waals surface area contributed by atoms with Gasteiger partial charge in [-0.2, -0.15) is 0 Å². The fourth-order valence-corrected chi connectivity index (χ4v) is 4.48. The molecule has 0 saturated carbocycles. The van der Waals surface area contributed by atoms with Gasteiger partial charge in [-0.3, -0.25) is 0 Å². The summed E-state index contributed by atoms with van der Waals surface area (Å²) in [5.74, 6) is 0.964. The number of benzene rings is 2. The molecular weight excluding hydrogens is 310 g/mol. The Labute approximate surface area is 137 Å². The number of hydrogen-bond acceptors (Lipinski definition) is 4. The van der Waals surface area contributed by atoms with E-state index in [0.717, 1.165) is 17.7 Å². The molecule has 122 valence electrons. The van der Waals surface area contributed by atoms with Crippen molar-refractivity contribution in [3.63, 3.8) is 0 Å². The highest BCUT2D eigenvalue weighted by molar-refractivity contribution is 7.91. The van der Waals surface area contributed by atoms with Crippen molar-refractivity contribution in [2.24, 2.45) is 0 Å². The van der Waals surface area contributed by atoms with Gasteiger partial charge in [-0.25, -0.2) is 8.42 Å². The molecule has 0 unspecified atom stereocenters. The van der Waals surface area contributed by atoms with Crippen molar-refractivity contribution < 1.29 is 13.2 Å². The van der Waals surface area contributed by atoms with E-state index in [9.17, 15) is 8.42 Å². The van der Waals surface area contributed by atoms with E-state index in [0.29, 0.717) is 11.5 Å². The maximum Gasteiger partial charge on any atom is 0.179 e. The zero-order valence-electron chi connectivity index (χ0n) is 13.1. The molecule has 23 heavy (non-hydrogen) atoms. The second-order valence-corrected chi connectivity index (χ2v) is 7.92. The largest absolute Gasteiger partial charge is 0.493 e. The first-order valence-corrected chi connectivity index (χ1v) is 9.47. The highest BCUT2D eigenvalue weighted by Gasteiger charge is 2.25. The van der Waals surface area contributed by atoms with Crippen LogP contribution in [0.2, 0.25) is 0 Å². The number of para-hydroxylation sites is 1. The summed E-state index contributed by atoms with van der Waals surface area (Å²) in [7, 11) is -3.28. The molecule has 2 atom stereocenters. The van der Waals surface area contributed by atoms with Gasteiger partial charge < -0.3 is 10.1 Å². The Morgan fingerprint density at radius 3 is 2.61 bits per heavy atom. The van der Waals surface area contributed by atoms with Crippen LogP contribution in [0, 0.1) is 0 Å². The van der Waals surface area contributed by atoms with E-state index in [4.69, 9.17) is 4.74 Å². The van der Waals surface area contributed by atoms with Gasteiger partial charge in [0.2, 0.25) is 0 Å². The summed E-state index contributed by atoms with van der Waals surface area (Å²) in [5, 5.41) is 3.44. The number of sulfone groups is 1. The number of fused-ring (bicyclic) bond motifs is 1. The second kappa shape index (κ2) is 6.72. The third kappa shape index (κ3) is 3.74. The summed E-state index contributed by atoms with van der Waals surface area (Å²) < 4.78 is 30.6. The van der Waals surface area contributed by atoms with Crippen LogP contribution in [-0.2, 0) is 9.84 Å². The zero-order chi connectivity index (χ0) is 16.3. The average molecular weight is 331 g/mol. The molecule has 0 aromatic heterocycles. The Morgan fingerprint density at radius 2 is 1.83 bits per heavy atom. The van der Waals surface area contributed by atoms with Crippen LogP contribution in [0.3, 0.4) is 0 Å². The van der Waals surface area contributed by atoms with Crippen LogP contribution < -0.4 is 10.1 Å². The minimum atomic E-state index is -3.28. The Kier molecular flexibility index (Phi) is 4.68. The number of hydrogen-bond donors (Lipinski definition) is 1. The van der Waals surface area contributed by atoms with Gasteiger partial charge in [0.25, 0.3) is 0 Å². The molecule has 3 rings (SSSR count). The van der Waals surface area contributed by atoms with Gasteiger partial charge in [-0.1, -0.05) is 36.4 Å². The van der Waals surface area contributed by atoms with Gasteiger partial charge in [0.15, 0.2) is 9.84 Å². The van der Waals surface area contributed by atoms with E-state index in [2.05, 4.69) is 5.32 Å². The maximum absolute atomic E-state index is 12.5. The molecule has 1 aliphatic rings. The van der Waals surface area contributed by atoms with Gasteiger partial charge in [-0.15, -0.1) is 0 Å². The Bertz CT molecular complexity index is 759. The van der Waals surface area contributed by atoms with Crippen molar-refractivity contribution in [3.8, 4) is 5.75 Å². The highest BCUT2D eigenvalue weighted by Crippen LogP contribution is 2.31. The zero-order valence-corrected chi connectivity index (χ0v) is 13.9. The average Bonchev–Trinajstić information content (AvgIpc) is 2.55. The summed E-state index contributed by atoms with van der Waals surface area (Å²) in [6, 6.07) is 16.5. The first-order valence-electron chi connectivity index (χ1n) is 7.82. The Balaban J connectivity index is 1.70. The molecule has 1 heterocycles. The first-order chi connectivity index (χ1) is 11.1. The molecule has 0 spiro atoms. The molecule has 1 N–H and O–H groups in total. The molecule has 5 heteroatoms. The Hall–Kier alpha value is -1.85. The fraction of sp³-hybridized carbons (Fsp3) is 0.333. The third-order valence-corrected chi connectivity index (χ3v) is 5.95. The monoisotopic (exact) mass is 331 g/mol. The predicted molar refractivity (Wildman–Crippen MR) is 90.4 cm³/mol. The van der Waals surface area contributed by atoms with Crippen molar-refractivity contribution in [2.45, 2.75) is 30.3 Å². The van der Waals surface area contributed by atoms with E-state index in [1.807, 2.05) is 37.3 Å². The molecule has 0 saturated heterocycles. The predicted octanol–water partition coefficient (Wildman–Crippen LogP) is 2.96. The SMILES string of the molecule is C[C@@H](CS(=O)(=O)c1ccccc1)N[C@H]1CCOc2ccccc21. The molecule has 0 bridgehead atoms. The molecule has 0 fully saturated rings. The molecule has 1 aliphatic heterocycles.